The van der Waals surface area contributed by atoms with Crippen LogP contribution in [0.15, 0.2) is 24.0 Å². The van der Waals surface area contributed by atoms with Gasteiger partial charge in [0.25, 0.3) is 0 Å². The van der Waals surface area contributed by atoms with Crippen molar-refractivity contribution < 1.29 is 61.9 Å². The van der Waals surface area contributed by atoms with Crippen molar-refractivity contribution in [2.75, 3.05) is 26.7 Å². The lowest BCUT2D eigenvalue weighted by Crippen LogP contribution is -2.75. The number of hydrogen-bond donors (Lipinski definition) is 2. The molecule has 4 heterocycles. The average Bonchev–Trinajstić information content (AvgIpc) is 3.66. The number of carbonyl (C=O) groups excluding carboxylic acids is 6. The second-order valence-corrected chi connectivity index (χ2v) is 15.8. The maximum Gasteiger partial charge on any atom is 0.338 e. The Balaban J connectivity index is 1.04. The fraction of sp³-hybridized carbons (Fsp3) is 0.632. The van der Waals surface area contributed by atoms with Gasteiger partial charge in [-0.2, -0.15) is 0 Å². The van der Waals surface area contributed by atoms with E-state index in [1.165, 1.54) is 0 Å². The zero-order chi connectivity index (χ0) is 38.8. The highest BCUT2D eigenvalue weighted by molar-refractivity contribution is 5.86. The number of cyclic esters (lactones) is 2. The van der Waals surface area contributed by atoms with Gasteiger partial charge in [0.1, 0.15) is 17.1 Å². The topological polar surface area (TPSA) is 194 Å². The van der Waals surface area contributed by atoms with Crippen LogP contribution in [0.5, 0.6) is 5.75 Å². The van der Waals surface area contributed by atoms with E-state index in [4.69, 9.17) is 33.2 Å². The Labute approximate surface area is 312 Å². The highest BCUT2D eigenvalue weighted by Crippen LogP contribution is 2.65. The van der Waals surface area contributed by atoms with Crippen molar-refractivity contribution in [3.05, 3.63) is 40.7 Å². The molecule has 16 nitrogen and oxygen atoms in total. The Hall–Kier alpha value is -4.54. The van der Waals surface area contributed by atoms with Gasteiger partial charge in [-0.25, -0.2) is 9.59 Å². The van der Waals surface area contributed by atoms with Crippen molar-refractivity contribution in [2.24, 2.45) is 0 Å². The average molecular weight is 754 g/mol. The minimum Gasteiger partial charge on any atom is -0.481 e. The molecule has 1 spiro atoms. The van der Waals surface area contributed by atoms with Crippen LogP contribution in [0.1, 0.15) is 82.9 Å². The molecule has 0 saturated carbocycles. The van der Waals surface area contributed by atoms with E-state index in [2.05, 4.69) is 21.6 Å². The number of carbonyl (C=O) groups is 6. The first kappa shape index (κ1) is 37.8. The monoisotopic (exact) mass is 753 g/mol. The van der Waals surface area contributed by atoms with Crippen molar-refractivity contribution in [3.8, 4) is 5.75 Å². The van der Waals surface area contributed by atoms with Gasteiger partial charge in [-0.3, -0.25) is 24.1 Å². The predicted octanol–water partition coefficient (Wildman–Crippen LogP) is 1.52. The van der Waals surface area contributed by atoms with Crippen LogP contribution < -0.4 is 15.4 Å². The number of hydrogen-bond acceptors (Lipinski definition) is 14. The minimum atomic E-state index is -1.11. The van der Waals surface area contributed by atoms with Crippen molar-refractivity contribution >= 4 is 35.7 Å². The molecule has 3 fully saturated rings. The van der Waals surface area contributed by atoms with Crippen molar-refractivity contribution in [1.29, 1.82) is 0 Å². The Morgan fingerprint density at radius 2 is 1.48 bits per heavy atom. The highest BCUT2D eigenvalue weighted by atomic mass is 16.8. The maximum atomic E-state index is 13.7. The van der Waals surface area contributed by atoms with Crippen LogP contribution in [0.3, 0.4) is 0 Å². The fourth-order valence-electron chi connectivity index (χ4n) is 8.98. The molecular weight excluding hydrogens is 706 g/mol. The molecular formula is C38H47N3O13. The molecule has 3 saturated heterocycles. The number of nitrogens with one attached hydrogen (secondary N) is 2. The van der Waals surface area contributed by atoms with E-state index in [-0.39, 0.29) is 51.2 Å². The van der Waals surface area contributed by atoms with Crippen LogP contribution in [-0.2, 0) is 69.0 Å². The van der Waals surface area contributed by atoms with Gasteiger partial charge in [0.15, 0.2) is 18.3 Å². The van der Waals surface area contributed by atoms with Gasteiger partial charge in [0.2, 0.25) is 23.4 Å². The van der Waals surface area contributed by atoms with E-state index in [1.54, 1.807) is 33.8 Å². The largest absolute Gasteiger partial charge is 0.481 e. The Morgan fingerprint density at radius 3 is 2.06 bits per heavy atom. The van der Waals surface area contributed by atoms with Gasteiger partial charge in [-0.1, -0.05) is 12.1 Å². The number of piperidine rings is 1. The first-order valence-corrected chi connectivity index (χ1v) is 18.4. The van der Waals surface area contributed by atoms with Gasteiger partial charge in [0, 0.05) is 52.8 Å². The molecule has 54 heavy (non-hydrogen) atoms. The van der Waals surface area contributed by atoms with E-state index in [0.717, 1.165) is 16.7 Å². The SMILES string of the molecule is Cc1ccc2c3c1O[C@H]1C(OC(=O)CCNC(=O)C[C@@H]4OC(C)(C)OC4=O)=CC[C@@]4(OC(=O)CCNC(=O)C[C@@H]5OC(C)(C)OC5=O)[C@@H](C2)N(C)CC[C@]314. The molecule has 6 aliphatic rings. The summed E-state index contributed by atoms with van der Waals surface area (Å²) in [5.74, 6) is -4.49. The van der Waals surface area contributed by atoms with E-state index < -0.39 is 76.6 Å². The normalized spacial score (nSPS) is 31.0. The Kier molecular flexibility index (Phi) is 9.54. The smallest absolute Gasteiger partial charge is 0.338 e. The second kappa shape index (κ2) is 13.6. The maximum absolute atomic E-state index is 13.7. The van der Waals surface area contributed by atoms with Gasteiger partial charge < -0.3 is 43.8 Å². The van der Waals surface area contributed by atoms with E-state index in [1.807, 2.05) is 20.0 Å². The summed E-state index contributed by atoms with van der Waals surface area (Å²) in [4.78, 5) is 78.4. The first-order valence-electron chi connectivity index (χ1n) is 18.4. The third-order valence-corrected chi connectivity index (χ3v) is 11.2. The number of nitrogens with zero attached hydrogens (tertiary/aromatic N) is 1. The Morgan fingerprint density at radius 1 is 0.889 bits per heavy atom. The Bertz CT molecular complexity index is 1820. The molecule has 292 valence electrons. The number of rotatable bonds is 12. The van der Waals surface area contributed by atoms with Crippen molar-refractivity contribution in [2.45, 2.75) is 127 Å². The molecule has 2 N–H and O–H groups in total. The van der Waals surface area contributed by atoms with Crippen molar-refractivity contribution in [3.63, 3.8) is 0 Å². The summed E-state index contributed by atoms with van der Waals surface area (Å²) >= 11 is 0. The highest BCUT2D eigenvalue weighted by Gasteiger charge is 2.74. The zero-order valence-corrected chi connectivity index (χ0v) is 31.4. The number of likely N-dealkylation sites (tertiary alicyclic amines) is 1. The molecule has 0 aromatic heterocycles. The summed E-state index contributed by atoms with van der Waals surface area (Å²) in [5.41, 5.74) is 1.01. The molecule has 2 amide bonds. The molecule has 1 aromatic carbocycles. The summed E-state index contributed by atoms with van der Waals surface area (Å²) in [6.45, 7) is 8.93. The lowest BCUT2D eigenvalue weighted by molar-refractivity contribution is -0.206. The molecule has 7 rings (SSSR count). The predicted molar refractivity (Wildman–Crippen MR) is 184 cm³/mol. The fourth-order valence-corrected chi connectivity index (χ4v) is 8.98. The zero-order valence-electron chi connectivity index (χ0n) is 31.4. The van der Waals surface area contributed by atoms with E-state index >= 15 is 0 Å². The number of aryl methyl sites for hydroxylation is 1. The van der Waals surface area contributed by atoms with Crippen LogP contribution in [0, 0.1) is 6.92 Å². The second-order valence-electron chi connectivity index (χ2n) is 15.8. The minimum absolute atomic E-state index is 0.0156. The summed E-state index contributed by atoms with van der Waals surface area (Å²) < 4.78 is 40.5. The van der Waals surface area contributed by atoms with Gasteiger partial charge >= 0.3 is 23.9 Å². The summed E-state index contributed by atoms with van der Waals surface area (Å²) in [6.07, 6.45) is -0.396. The third-order valence-electron chi connectivity index (χ3n) is 11.2. The quantitative estimate of drug-likeness (QED) is 0.230. The van der Waals surface area contributed by atoms with Crippen LogP contribution in [0.2, 0.25) is 0 Å². The van der Waals surface area contributed by atoms with Crippen LogP contribution in [0.25, 0.3) is 0 Å². The molecule has 2 bridgehead atoms. The van der Waals surface area contributed by atoms with Gasteiger partial charge in [-0.15, -0.1) is 0 Å². The van der Waals surface area contributed by atoms with Crippen molar-refractivity contribution in [1.82, 2.24) is 15.5 Å². The molecule has 2 aliphatic carbocycles. The van der Waals surface area contributed by atoms with Gasteiger partial charge in [-0.05, 0) is 50.6 Å². The molecule has 16 heteroatoms. The summed E-state index contributed by atoms with van der Waals surface area (Å²) in [6, 6.07) is 3.87. The first-order chi connectivity index (χ1) is 25.4. The third kappa shape index (κ3) is 6.61. The standard InChI is InChI=1S/C38H47N3O13/c1-20-7-8-21-17-25-38(52-29(45)11-15-40-27(43)19-24-34(47)54-36(4,5)51-24)12-9-22(32-37(38,13-16-41(25)6)30(21)31(20)49-32)48-28(44)10-14-39-26(42)18-23-33(46)53-35(2,3)50-23/h7-9,23-25,32H,10-19H2,1-6H3,(H,39,42)(H,40,43)/t23-,24-,25+,32-,37-,38+/m0/s1. The van der Waals surface area contributed by atoms with Crippen LogP contribution in [0.4, 0.5) is 0 Å². The number of ether oxygens (including phenoxy) is 7. The molecule has 0 radical (unpaired) electrons. The lowest BCUT2D eigenvalue weighted by Gasteiger charge is -2.62. The van der Waals surface area contributed by atoms with E-state index in [0.29, 0.717) is 30.9 Å². The number of benzene rings is 1. The molecule has 1 aromatic rings. The summed E-state index contributed by atoms with van der Waals surface area (Å²) in [7, 11) is 2.01. The summed E-state index contributed by atoms with van der Waals surface area (Å²) in [5, 5.41) is 5.32. The number of amides is 2. The van der Waals surface area contributed by atoms with Crippen LogP contribution in [-0.4, -0.2) is 109 Å². The molecule has 6 atom stereocenters. The number of esters is 4. The molecule has 0 unspecified atom stereocenters. The lowest BCUT2D eigenvalue weighted by atomic mass is 9.50. The number of likely N-dealkylation sites (N-methyl/N-ethyl adjacent to an activating group) is 1. The van der Waals surface area contributed by atoms with Crippen LogP contribution >= 0.6 is 0 Å². The van der Waals surface area contributed by atoms with E-state index in [9.17, 15) is 28.8 Å². The molecule has 4 aliphatic heterocycles. The van der Waals surface area contributed by atoms with Gasteiger partial charge in [0.05, 0.1) is 37.1 Å².